The molecule has 0 aliphatic heterocycles. The lowest BCUT2D eigenvalue weighted by molar-refractivity contribution is -0.116. The fraction of sp³-hybridized carbons (Fsp3) is 0.385. The summed E-state index contributed by atoms with van der Waals surface area (Å²) in [5.74, 6) is -0.397. The molecule has 3 nitrogen and oxygen atoms in total. The molecule has 1 rings (SSSR count). The van der Waals surface area contributed by atoms with Crippen molar-refractivity contribution in [2.45, 2.75) is 25.1 Å². The minimum atomic E-state index is -0.798. The van der Waals surface area contributed by atoms with Crippen LogP contribution in [0.5, 0.6) is 0 Å². The van der Waals surface area contributed by atoms with E-state index < -0.39 is 11.3 Å². The van der Waals surface area contributed by atoms with Gasteiger partial charge in [-0.2, -0.15) is 0 Å². The Hall–Kier alpha value is -1.06. The highest BCUT2D eigenvalue weighted by Gasteiger charge is 2.19. The van der Waals surface area contributed by atoms with E-state index >= 15 is 0 Å². The first kappa shape index (κ1) is 15.0. The standard InChI is InChI=1S/C13H14Cl2O3/c1-3-18-13(17)9-4-5-10(7-14)11(6-9)12(15)8(2)16/h4-6,12H,3,7H2,1-2H3. The Morgan fingerprint density at radius 2 is 2.06 bits per heavy atom. The van der Waals surface area contributed by atoms with Crippen molar-refractivity contribution in [3.63, 3.8) is 0 Å². The van der Waals surface area contributed by atoms with Gasteiger partial charge in [-0.1, -0.05) is 6.07 Å². The van der Waals surface area contributed by atoms with E-state index in [2.05, 4.69) is 0 Å². The maximum atomic E-state index is 11.6. The first-order valence-electron chi connectivity index (χ1n) is 5.51. The van der Waals surface area contributed by atoms with Crippen molar-refractivity contribution < 1.29 is 14.3 Å². The smallest absolute Gasteiger partial charge is 0.338 e. The van der Waals surface area contributed by atoms with Gasteiger partial charge in [-0.05, 0) is 37.1 Å². The van der Waals surface area contributed by atoms with Crippen LogP contribution in [0.25, 0.3) is 0 Å². The molecule has 0 N–H and O–H groups in total. The van der Waals surface area contributed by atoms with Crippen LogP contribution in [-0.2, 0) is 15.4 Å². The molecule has 0 heterocycles. The molecular weight excluding hydrogens is 275 g/mol. The largest absolute Gasteiger partial charge is 0.462 e. The summed E-state index contributed by atoms with van der Waals surface area (Å²) in [6.45, 7) is 3.42. The molecule has 0 spiro atoms. The minimum absolute atomic E-state index is 0.191. The van der Waals surface area contributed by atoms with Crippen molar-refractivity contribution in [3.8, 4) is 0 Å². The van der Waals surface area contributed by atoms with Crippen LogP contribution in [-0.4, -0.2) is 18.4 Å². The van der Waals surface area contributed by atoms with Crippen LogP contribution in [0.4, 0.5) is 0 Å². The Labute approximate surface area is 116 Å². The molecule has 0 radical (unpaired) electrons. The van der Waals surface area contributed by atoms with Gasteiger partial charge in [0.25, 0.3) is 0 Å². The lowest BCUT2D eigenvalue weighted by Gasteiger charge is -2.12. The topological polar surface area (TPSA) is 43.4 Å². The molecule has 0 saturated carbocycles. The predicted molar refractivity (Wildman–Crippen MR) is 71.2 cm³/mol. The number of Topliss-reactive ketones (excluding diaryl/α,β-unsaturated/α-hetero) is 1. The van der Waals surface area contributed by atoms with Gasteiger partial charge in [-0.15, -0.1) is 23.2 Å². The second-order valence-electron chi connectivity index (χ2n) is 3.74. The van der Waals surface area contributed by atoms with Crippen LogP contribution in [0.3, 0.4) is 0 Å². The summed E-state index contributed by atoms with van der Waals surface area (Å²) in [5, 5.41) is -0.798. The number of halogens is 2. The van der Waals surface area contributed by atoms with Gasteiger partial charge < -0.3 is 4.74 Å². The van der Waals surface area contributed by atoms with E-state index in [4.69, 9.17) is 27.9 Å². The van der Waals surface area contributed by atoms with Crippen LogP contribution in [0.15, 0.2) is 18.2 Å². The van der Waals surface area contributed by atoms with Gasteiger partial charge in [0, 0.05) is 5.88 Å². The van der Waals surface area contributed by atoms with Crippen molar-refractivity contribution in [2.24, 2.45) is 0 Å². The number of carbonyl (C=O) groups excluding carboxylic acids is 2. The predicted octanol–water partition coefficient (Wildman–Crippen LogP) is 3.47. The van der Waals surface area contributed by atoms with Gasteiger partial charge in [0.2, 0.25) is 0 Å². The third kappa shape index (κ3) is 3.47. The Morgan fingerprint density at radius 1 is 1.39 bits per heavy atom. The Balaban J connectivity index is 3.17. The van der Waals surface area contributed by atoms with Crippen molar-refractivity contribution in [3.05, 3.63) is 34.9 Å². The van der Waals surface area contributed by atoms with Crippen molar-refractivity contribution >= 4 is 35.0 Å². The van der Waals surface area contributed by atoms with Crippen molar-refractivity contribution in [1.82, 2.24) is 0 Å². The van der Waals surface area contributed by atoms with E-state index in [1.807, 2.05) is 0 Å². The SMILES string of the molecule is CCOC(=O)c1ccc(CCl)c(C(Cl)C(C)=O)c1. The molecule has 1 aromatic carbocycles. The number of ether oxygens (including phenoxy) is 1. The Morgan fingerprint density at radius 3 is 2.56 bits per heavy atom. The second kappa shape index (κ2) is 6.76. The zero-order valence-corrected chi connectivity index (χ0v) is 11.7. The molecule has 0 aromatic heterocycles. The van der Waals surface area contributed by atoms with E-state index in [0.29, 0.717) is 17.7 Å². The van der Waals surface area contributed by atoms with Gasteiger partial charge in [-0.3, -0.25) is 4.79 Å². The van der Waals surface area contributed by atoms with Crippen molar-refractivity contribution in [1.29, 1.82) is 0 Å². The highest BCUT2D eigenvalue weighted by molar-refractivity contribution is 6.31. The van der Waals surface area contributed by atoms with E-state index in [-0.39, 0.29) is 11.7 Å². The molecule has 0 saturated heterocycles. The highest BCUT2D eigenvalue weighted by Crippen LogP contribution is 2.27. The molecule has 0 bridgehead atoms. The number of alkyl halides is 2. The van der Waals surface area contributed by atoms with Crippen LogP contribution >= 0.6 is 23.2 Å². The number of esters is 1. The van der Waals surface area contributed by atoms with Gasteiger partial charge in [-0.25, -0.2) is 4.79 Å². The van der Waals surface area contributed by atoms with Gasteiger partial charge >= 0.3 is 5.97 Å². The molecule has 1 unspecified atom stereocenters. The summed E-state index contributed by atoms with van der Waals surface area (Å²) in [6, 6.07) is 4.87. The van der Waals surface area contributed by atoms with Crippen LogP contribution < -0.4 is 0 Å². The zero-order valence-electron chi connectivity index (χ0n) is 10.2. The van der Waals surface area contributed by atoms with Gasteiger partial charge in [0.15, 0.2) is 5.78 Å². The molecule has 1 aromatic rings. The molecule has 5 heteroatoms. The lowest BCUT2D eigenvalue weighted by Crippen LogP contribution is -2.09. The van der Waals surface area contributed by atoms with E-state index in [1.165, 1.54) is 6.92 Å². The first-order chi connectivity index (χ1) is 8.51. The first-order valence-corrected chi connectivity index (χ1v) is 6.48. The quantitative estimate of drug-likeness (QED) is 0.615. The van der Waals surface area contributed by atoms with Crippen LogP contribution in [0.2, 0.25) is 0 Å². The van der Waals surface area contributed by atoms with Gasteiger partial charge in [0.05, 0.1) is 12.2 Å². The number of hydrogen-bond donors (Lipinski definition) is 0. The van der Waals surface area contributed by atoms with Crippen LogP contribution in [0, 0.1) is 0 Å². The third-order valence-corrected chi connectivity index (χ3v) is 3.26. The fourth-order valence-corrected chi connectivity index (χ4v) is 1.96. The maximum absolute atomic E-state index is 11.6. The minimum Gasteiger partial charge on any atom is -0.462 e. The van der Waals surface area contributed by atoms with E-state index in [0.717, 1.165) is 5.56 Å². The molecule has 0 amide bonds. The second-order valence-corrected chi connectivity index (χ2v) is 4.44. The number of carbonyl (C=O) groups is 2. The summed E-state index contributed by atoms with van der Waals surface area (Å²) in [7, 11) is 0. The van der Waals surface area contributed by atoms with E-state index in [1.54, 1.807) is 25.1 Å². The molecule has 98 valence electrons. The number of rotatable bonds is 5. The average molecular weight is 289 g/mol. The maximum Gasteiger partial charge on any atom is 0.338 e. The van der Waals surface area contributed by atoms with Gasteiger partial charge in [0.1, 0.15) is 5.38 Å². The third-order valence-electron chi connectivity index (χ3n) is 2.43. The van der Waals surface area contributed by atoms with Crippen LogP contribution in [0.1, 0.15) is 40.7 Å². The summed E-state index contributed by atoms with van der Waals surface area (Å²) in [6.07, 6.45) is 0. The summed E-state index contributed by atoms with van der Waals surface area (Å²) < 4.78 is 4.90. The summed E-state index contributed by atoms with van der Waals surface area (Å²) >= 11 is 11.8. The van der Waals surface area contributed by atoms with Crippen molar-refractivity contribution in [2.75, 3.05) is 6.61 Å². The Bertz CT molecular complexity index is 458. The number of benzene rings is 1. The Kier molecular flexibility index (Phi) is 5.63. The summed E-state index contributed by atoms with van der Waals surface area (Å²) in [4.78, 5) is 22.9. The highest BCUT2D eigenvalue weighted by atomic mass is 35.5. The normalized spacial score (nSPS) is 12.0. The fourth-order valence-electron chi connectivity index (χ4n) is 1.51. The molecule has 0 aliphatic rings. The number of hydrogen-bond acceptors (Lipinski definition) is 3. The monoisotopic (exact) mass is 288 g/mol. The molecule has 1 atom stereocenters. The lowest BCUT2D eigenvalue weighted by atomic mass is 10.0. The number of ketones is 1. The molecular formula is C13H14Cl2O3. The summed E-state index contributed by atoms with van der Waals surface area (Å²) in [5.41, 5.74) is 1.66. The molecule has 0 fully saturated rings. The average Bonchev–Trinajstić information content (AvgIpc) is 2.37. The molecule has 18 heavy (non-hydrogen) atoms. The van der Waals surface area contributed by atoms with E-state index in [9.17, 15) is 9.59 Å². The zero-order chi connectivity index (χ0) is 13.7. The molecule has 0 aliphatic carbocycles.